The Kier molecular flexibility index (Phi) is 10.2. The third-order valence-electron chi connectivity index (χ3n) is 7.27. The number of unbranched alkanes of at least 4 members (excludes halogenated alkanes) is 4. The maximum Gasteiger partial charge on any atom is 0.159 e. The zero-order valence-corrected chi connectivity index (χ0v) is 20.3. The zero-order valence-electron chi connectivity index (χ0n) is 20.3. The second kappa shape index (κ2) is 13.4. The van der Waals surface area contributed by atoms with Gasteiger partial charge in [-0.15, -0.1) is 0 Å². The second-order valence-corrected chi connectivity index (χ2v) is 9.78. The van der Waals surface area contributed by atoms with Crippen molar-refractivity contribution in [3.8, 4) is 17.5 Å². The van der Waals surface area contributed by atoms with Crippen molar-refractivity contribution in [2.24, 2.45) is 11.8 Å². The first kappa shape index (κ1) is 24.4. The number of aromatic nitrogens is 2. The summed E-state index contributed by atoms with van der Waals surface area (Å²) in [5.74, 6) is 2.57. The molecule has 0 saturated heterocycles. The predicted octanol–water partition coefficient (Wildman–Crippen LogP) is 8.07. The van der Waals surface area contributed by atoms with Gasteiger partial charge >= 0.3 is 0 Å². The van der Waals surface area contributed by atoms with Gasteiger partial charge in [0.1, 0.15) is 0 Å². The Hall–Kier alpha value is -2.21. The zero-order chi connectivity index (χ0) is 22.6. The molecule has 1 aromatic carbocycles. The fourth-order valence-electron chi connectivity index (χ4n) is 5.10. The van der Waals surface area contributed by atoms with Gasteiger partial charge in [0.2, 0.25) is 0 Å². The van der Waals surface area contributed by atoms with Gasteiger partial charge in [-0.25, -0.2) is 9.97 Å². The van der Waals surface area contributed by atoms with Crippen LogP contribution >= 0.6 is 0 Å². The van der Waals surface area contributed by atoms with Crippen molar-refractivity contribution in [1.82, 2.24) is 9.97 Å². The molecule has 1 aliphatic carbocycles. The second-order valence-electron chi connectivity index (χ2n) is 9.78. The highest BCUT2D eigenvalue weighted by atomic mass is 14.9. The Morgan fingerprint density at radius 1 is 0.844 bits per heavy atom. The lowest BCUT2D eigenvalue weighted by molar-refractivity contribution is 0.249. The van der Waals surface area contributed by atoms with Crippen molar-refractivity contribution < 1.29 is 0 Å². The molecule has 1 fully saturated rings. The van der Waals surface area contributed by atoms with Gasteiger partial charge < -0.3 is 0 Å². The minimum Gasteiger partial charge on any atom is -0.236 e. The minimum atomic E-state index is 0.720. The smallest absolute Gasteiger partial charge is 0.159 e. The molecule has 0 spiro atoms. The highest BCUT2D eigenvalue weighted by molar-refractivity contribution is 5.59. The van der Waals surface area contributed by atoms with Crippen molar-refractivity contribution in [2.75, 3.05) is 0 Å². The van der Waals surface area contributed by atoms with E-state index in [2.05, 4.69) is 42.0 Å². The van der Waals surface area contributed by atoms with Crippen LogP contribution in [0.5, 0.6) is 0 Å². The first-order valence-corrected chi connectivity index (χ1v) is 13.1. The lowest BCUT2D eigenvalue weighted by Gasteiger charge is -2.28. The third-order valence-corrected chi connectivity index (χ3v) is 7.27. The SMILES string of the molecule is CCCCCc1ccc(-c2ncc(CC[C@H]3CC[C@H](CCCCC)CC3)cn2)cc1C#N. The van der Waals surface area contributed by atoms with Crippen LogP contribution < -0.4 is 0 Å². The largest absolute Gasteiger partial charge is 0.236 e. The standard InChI is InChI=1S/C29H41N3/c1-3-5-7-9-23-11-13-24(14-12-23)15-16-25-21-31-29(32-22-25)27-18-17-26(10-8-6-4-2)28(19-27)20-30/h17-19,21-24H,3-16H2,1-2H3/t23-,24-. The molecule has 3 rings (SSSR count). The summed E-state index contributed by atoms with van der Waals surface area (Å²) in [6.07, 6.45) is 22.1. The molecule has 0 unspecified atom stereocenters. The summed E-state index contributed by atoms with van der Waals surface area (Å²) in [6.45, 7) is 4.50. The quantitative estimate of drug-likeness (QED) is 0.319. The molecule has 0 radical (unpaired) electrons. The summed E-state index contributed by atoms with van der Waals surface area (Å²) in [5.41, 5.74) is 4.07. The highest BCUT2D eigenvalue weighted by Crippen LogP contribution is 2.34. The van der Waals surface area contributed by atoms with Gasteiger partial charge in [-0.05, 0) is 54.7 Å². The lowest BCUT2D eigenvalue weighted by Crippen LogP contribution is -2.15. The van der Waals surface area contributed by atoms with Crippen LogP contribution in [0.1, 0.15) is 108 Å². The molecule has 0 amide bonds. The average molecular weight is 432 g/mol. The molecule has 1 aromatic heterocycles. The number of hydrogen-bond acceptors (Lipinski definition) is 3. The van der Waals surface area contributed by atoms with Crippen molar-refractivity contribution in [3.63, 3.8) is 0 Å². The topological polar surface area (TPSA) is 49.6 Å². The maximum absolute atomic E-state index is 9.56. The third kappa shape index (κ3) is 7.44. The number of nitrogens with zero attached hydrogens (tertiary/aromatic N) is 3. The number of nitriles is 1. The molecule has 32 heavy (non-hydrogen) atoms. The molecule has 1 aliphatic rings. The summed E-state index contributed by atoms with van der Waals surface area (Å²) in [6, 6.07) is 8.46. The first-order chi connectivity index (χ1) is 15.7. The van der Waals surface area contributed by atoms with Gasteiger partial charge in [-0.3, -0.25) is 0 Å². The molecule has 1 saturated carbocycles. The van der Waals surface area contributed by atoms with E-state index in [1.807, 2.05) is 18.5 Å². The van der Waals surface area contributed by atoms with Gasteiger partial charge in [-0.2, -0.15) is 5.26 Å². The van der Waals surface area contributed by atoms with Gasteiger partial charge in [0, 0.05) is 18.0 Å². The summed E-state index contributed by atoms with van der Waals surface area (Å²) >= 11 is 0. The van der Waals surface area contributed by atoms with E-state index in [1.54, 1.807) is 0 Å². The van der Waals surface area contributed by atoms with Crippen LogP contribution in [-0.4, -0.2) is 9.97 Å². The van der Waals surface area contributed by atoms with Crippen molar-refractivity contribution >= 4 is 0 Å². The molecule has 0 aliphatic heterocycles. The first-order valence-electron chi connectivity index (χ1n) is 13.1. The van der Waals surface area contributed by atoms with Gasteiger partial charge in [-0.1, -0.05) is 90.2 Å². The van der Waals surface area contributed by atoms with E-state index in [0.717, 1.165) is 53.6 Å². The monoisotopic (exact) mass is 431 g/mol. The van der Waals surface area contributed by atoms with Crippen molar-refractivity contribution in [1.29, 1.82) is 5.26 Å². The van der Waals surface area contributed by atoms with E-state index in [4.69, 9.17) is 0 Å². The molecule has 172 valence electrons. The summed E-state index contributed by atoms with van der Waals surface area (Å²) in [4.78, 5) is 9.25. The van der Waals surface area contributed by atoms with Crippen LogP contribution in [-0.2, 0) is 12.8 Å². The van der Waals surface area contributed by atoms with E-state index >= 15 is 0 Å². The number of rotatable bonds is 12. The fourth-order valence-corrected chi connectivity index (χ4v) is 5.10. The predicted molar refractivity (Wildman–Crippen MR) is 133 cm³/mol. The summed E-state index contributed by atoms with van der Waals surface area (Å²) in [5, 5.41) is 9.56. The lowest BCUT2D eigenvalue weighted by atomic mass is 9.78. The van der Waals surface area contributed by atoms with E-state index in [0.29, 0.717) is 0 Å². The molecule has 0 N–H and O–H groups in total. The molecule has 2 aromatic rings. The fraction of sp³-hybridized carbons (Fsp3) is 0.621. The Labute approximate surface area is 195 Å². The number of benzene rings is 1. The average Bonchev–Trinajstić information content (AvgIpc) is 2.84. The van der Waals surface area contributed by atoms with Crippen LogP contribution in [0, 0.1) is 23.2 Å². The van der Waals surface area contributed by atoms with Crippen LogP contribution in [0.3, 0.4) is 0 Å². The van der Waals surface area contributed by atoms with E-state index in [9.17, 15) is 5.26 Å². The van der Waals surface area contributed by atoms with Crippen molar-refractivity contribution in [3.05, 3.63) is 47.3 Å². The van der Waals surface area contributed by atoms with Crippen LogP contribution in [0.2, 0.25) is 0 Å². The molecule has 0 atom stereocenters. The number of aryl methyl sites for hydroxylation is 2. The minimum absolute atomic E-state index is 0.720. The molecular formula is C29H41N3. The molecule has 3 nitrogen and oxygen atoms in total. The molecule has 1 heterocycles. The van der Waals surface area contributed by atoms with Crippen LogP contribution in [0.4, 0.5) is 0 Å². The Balaban J connectivity index is 1.48. The van der Waals surface area contributed by atoms with E-state index < -0.39 is 0 Å². The van der Waals surface area contributed by atoms with Gasteiger partial charge in [0.25, 0.3) is 0 Å². The highest BCUT2D eigenvalue weighted by Gasteiger charge is 2.20. The Morgan fingerprint density at radius 2 is 1.50 bits per heavy atom. The normalized spacial score (nSPS) is 18.4. The van der Waals surface area contributed by atoms with E-state index in [1.165, 1.54) is 76.2 Å². The molecule has 3 heteroatoms. The summed E-state index contributed by atoms with van der Waals surface area (Å²) in [7, 11) is 0. The van der Waals surface area contributed by atoms with Gasteiger partial charge in [0.05, 0.1) is 11.6 Å². The van der Waals surface area contributed by atoms with Crippen LogP contribution in [0.25, 0.3) is 11.4 Å². The van der Waals surface area contributed by atoms with E-state index in [-0.39, 0.29) is 0 Å². The number of hydrogen-bond donors (Lipinski definition) is 0. The summed E-state index contributed by atoms with van der Waals surface area (Å²) < 4.78 is 0. The molecular weight excluding hydrogens is 390 g/mol. The Bertz CT molecular complexity index is 842. The molecule has 0 bridgehead atoms. The maximum atomic E-state index is 9.56. The van der Waals surface area contributed by atoms with Gasteiger partial charge in [0.15, 0.2) is 5.82 Å². The Morgan fingerprint density at radius 3 is 2.16 bits per heavy atom. The van der Waals surface area contributed by atoms with Crippen LogP contribution in [0.15, 0.2) is 30.6 Å². The van der Waals surface area contributed by atoms with Crippen molar-refractivity contribution in [2.45, 2.75) is 104 Å².